The van der Waals surface area contributed by atoms with Gasteiger partial charge in [0, 0.05) is 6.42 Å². The van der Waals surface area contributed by atoms with Crippen LogP contribution in [0.4, 0.5) is 0 Å². The van der Waals surface area contributed by atoms with Crippen LogP contribution in [0.2, 0.25) is 0 Å². The maximum atomic E-state index is 11.9. The molecule has 0 aromatic heterocycles. The molecule has 0 atom stereocenters. The number of carbonyl (C=O) groups is 3. The number of aliphatic carboxylic acids is 2. The van der Waals surface area contributed by atoms with Crippen molar-refractivity contribution in [1.29, 1.82) is 0 Å². The molecule has 0 spiro atoms. The minimum absolute atomic E-state index is 0.00577. The van der Waals surface area contributed by atoms with E-state index >= 15 is 0 Å². The molecule has 0 aliphatic heterocycles. The first-order valence-corrected chi connectivity index (χ1v) is 13.7. The topological polar surface area (TPSA) is 129 Å². The van der Waals surface area contributed by atoms with Crippen LogP contribution in [0.5, 0.6) is 0 Å². The standard InChI is InChI=1S/C18H30O6.C13H16O3/c1-3-23-14-7-5-11-18(17(21)22,13-9-10-16(19)20)12-6-8-15-24-4-2;1-2-15-10-6-7-11-16-13(14)12-8-4-3-5-9-12/h3-4H,1-2,5-15H2,(H,19,20)(H,21,22);2-5,8-9H,1,6-7,10-11H2. The molecule has 0 bridgehead atoms. The first-order chi connectivity index (χ1) is 19.3. The van der Waals surface area contributed by atoms with Gasteiger partial charge in [-0.3, -0.25) is 9.59 Å². The van der Waals surface area contributed by atoms with Crippen molar-refractivity contribution in [2.75, 3.05) is 26.4 Å². The van der Waals surface area contributed by atoms with Crippen molar-refractivity contribution in [2.45, 2.75) is 70.6 Å². The van der Waals surface area contributed by atoms with E-state index in [1.165, 1.54) is 18.8 Å². The lowest BCUT2D eigenvalue weighted by Crippen LogP contribution is -2.31. The maximum Gasteiger partial charge on any atom is 0.338 e. The summed E-state index contributed by atoms with van der Waals surface area (Å²) in [6.45, 7) is 12.4. The Morgan fingerprint density at radius 3 is 1.57 bits per heavy atom. The van der Waals surface area contributed by atoms with Gasteiger partial charge in [0.05, 0.1) is 56.2 Å². The van der Waals surface area contributed by atoms with Gasteiger partial charge in [-0.25, -0.2) is 4.79 Å². The van der Waals surface area contributed by atoms with Crippen molar-refractivity contribution in [3.8, 4) is 0 Å². The number of hydrogen-bond donors (Lipinski definition) is 2. The van der Waals surface area contributed by atoms with Crippen molar-refractivity contribution in [2.24, 2.45) is 5.41 Å². The summed E-state index contributed by atoms with van der Waals surface area (Å²) in [5, 5.41) is 18.5. The number of carboxylic acids is 2. The molecule has 1 aromatic carbocycles. The van der Waals surface area contributed by atoms with Gasteiger partial charge in [0.1, 0.15) is 0 Å². The van der Waals surface area contributed by atoms with Crippen molar-refractivity contribution >= 4 is 17.9 Å². The lowest BCUT2D eigenvalue weighted by molar-refractivity contribution is -0.151. The fourth-order valence-corrected chi connectivity index (χ4v) is 3.93. The summed E-state index contributed by atoms with van der Waals surface area (Å²) in [5.41, 5.74) is -0.289. The van der Waals surface area contributed by atoms with E-state index in [2.05, 4.69) is 19.7 Å². The maximum absolute atomic E-state index is 11.9. The Morgan fingerprint density at radius 2 is 1.12 bits per heavy atom. The van der Waals surface area contributed by atoms with Crippen molar-refractivity contribution in [1.82, 2.24) is 0 Å². The van der Waals surface area contributed by atoms with Crippen LogP contribution in [0.3, 0.4) is 0 Å². The molecule has 1 rings (SSSR count). The number of benzene rings is 1. The summed E-state index contributed by atoms with van der Waals surface area (Å²) in [4.78, 5) is 34.1. The van der Waals surface area contributed by atoms with E-state index in [9.17, 15) is 19.5 Å². The van der Waals surface area contributed by atoms with Gasteiger partial charge in [-0.05, 0) is 76.3 Å². The van der Waals surface area contributed by atoms with Gasteiger partial charge in [-0.1, -0.05) is 37.9 Å². The van der Waals surface area contributed by atoms with Crippen LogP contribution in [0.15, 0.2) is 68.9 Å². The van der Waals surface area contributed by atoms with Crippen molar-refractivity contribution in [3.63, 3.8) is 0 Å². The Balaban J connectivity index is 0.000000821. The van der Waals surface area contributed by atoms with Gasteiger partial charge in [0.25, 0.3) is 0 Å². The second-order valence-electron chi connectivity index (χ2n) is 9.07. The molecule has 0 aliphatic carbocycles. The van der Waals surface area contributed by atoms with Gasteiger partial charge < -0.3 is 29.2 Å². The number of carbonyl (C=O) groups excluding carboxylic acids is 1. The number of hydrogen-bond acceptors (Lipinski definition) is 7. The summed E-state index contributed by atoms with van der Waals surface area (Å²) in [7, 11) is 0. The second-order valence-corrected chi connectivity index (χ2v) is 9.07. The molecule has 1 aromatic rings. The average Bonchev–Trinajstić information content (AvgIpc) is 2.94. The highest BCUT2D eigenvalue weighted by atomic mass is 16.5. The van der Waals surface area contributed by atoms with Gasteiger partial charge in [0.2, 0.25) is 0 Å². The zero-order chi connectivity index (χ0) is 29.9. The second kappa shape index (κ2) is 24.3. The van der Waals surface area contributed by atoms with E-state index in [0.29, 0.717) is 57.7 Å². The fraction of sp³-hybridized carbons (Fsp3) is 0.516. The predicted molar refractivity (Wildman–Crippen MR) is 154 cm³/mol. The molecule has 0 radical (unpaired) electrons. The summed E-state index contributed by atoms with van der Waals surface area (Å²) >= 11 is 0. The molecule has 224 valence electrons. The van der Waals surface area contributed by atoms with Crippen LogP contribution in [0.1, 0.15) is 81.0 Å². The fourth-order valence-electron chi connectivity index (χ4n) is 3.93. The van der Waals surface area contributed by atoms with Gasteiger partial charge >= 0.3 is 17.9 Å². The highest BCUT2D eigenvalue weighted by molar-refractivity contribution is 5.89. The van der Waals surface area contributed by atoms with Crippen molar-refractivity contribution < 1.29 is 43.5 Å². The molecule has 0 fully saturated rings. The Hall–Kier alpha value is -3.75. The largest absolute Gasteiger partial charge is 0.502 e. The first kappa shape index (κ1) is 36.2. The van der Waals surface area contributed by atoms with Crippen LogP contribution in [-0.4, -0.2) is 54.5 Å². The minimum atomic E-state index is -0.895. The summed E-state index contributed by atoms with van der Waals surface area (Å²) in [6, 6.07) is 8.97. The smallest absolute Gasteiger partial charge is 0.338 e. The van der Waals surface area contributed by atoms with E-state index in [4.69, 9.17) is 24.1 Å². The minimum Gasteiger partial charge on any atom is -0.502 e. The number of unbranched alkanes of at least 4 members (excludes halogenated alkanes) is 3. The first-order valence-electron chi connectivity index (χ1n) is 13.7. The molecule has 40 heavy (non-hydrogen) atoms. The third-order valence-electron chi connectivity index (χ3n) is 6.09. The van der Waals surface area contributed by atoms with Gasteiger partial charge in [-0.2, -0.15) is 0 Å². The molecule has 0 heterocycles. The van der Waals surface area contributed by atoms with Crippen LogP contribution in [0.25, 0.3) is 0 Å². The number of rotatable bonds is 24. The third-order valence-corrected chi connectivity index (χ3v) is 6.09. The molecule has 0 saturated heterocycles. The van der Waals surface area contributed by atoms with E-state index < -0.39 is 17.4 Å². The predicted octanol–water partition coefficient (Wildman–Crippen LogP) is 6.76. The summed E-state index contributed by atoms with van der Waals surface area (Å²) in [6.07, 6.45) is 10.5. The molecular formula is C31H46O9. The highest BCUT2D eigenvalue weighted by Crippen LogP contribution is 2.37. The Labute approximate surface area is 238 Å². The van der Waals surface area contributed by atoms with Crippen LogP contribution < -0.4 is 0 Å². The Kier molecular flexibility index (Phi) is 22.0. The van der Waals surface area contributed by atoms with E-state index in [-0.39, 0.29) is 12.4 Å². The summed E-state index contributed by atoms with van der Waals surface area (Å²) < 4.78 is 20.2. The zero-order valence-corrected chi connectivity index (χ0v) is 23.6. The Morgan fingerprint density at radius 1 is 0.675 bits per heavy atom. The van der Waals surface area contributed by atoms with Crippen molar-refractivity contribution in [3.05, 3.63) is 74.4 Å². The van der Waals surface area contributed by atoms with Crippen LogP contribution in [-0.2, 0) is 28.5 Å². The molecule has 2 N–H and O–H groups in total. The molecule has 9 heteroatoms. The zero-order valence-electron chi connectivity index (χ0n) is 23.6. The SMILES string of the molecule is C=COCCCCC(CCCCOC=C)(CCCC(=O)O)C(=O)O.C=COCCCCOC(=O)c1ccccc1. The monoisotopic (exact) mass is 562 g/mol. The van der Waals surface area contributed by atoms with Gasteiger partial charge in [-0.15, -0.1) is 0 Å². The lowest BCUT2D eigenvalue weighted by Gasteiger charge is -2.29. The Bertz CT molecular complexity index is 834. The van der Waals surface area contributed by atoms with E-state index in [0.717, 1.165) is 38.5 Å². The molecule has 0 aliphatic rings. The average molecular weight is 563 g/mol. The van der Waals surface area contributed by atoms with Crippen LogP contribution >= 0.6 is 0 Å². The quantitative estimate of drug-likeness (QED) is 0.0798. The van der Waals surface area contributed by atoms with E-state index in [1.54, 1.807) is 12.1 Å². The number of carboxylic acid groups (broad SMARTS) is 2. The van der Waals surface area contributed by atoms with Gasteiger partial charge in [0.15, 0.2) is 0 Å². The molecule has 0 saturated carbocycles. The highest BCUT2D eigenvalue weighted by Gasteiger charge is 2.36. The normalized spacial score (nSPS) is 10.3. The summed E-state index contributed by atoms with van der Waals surface area (Å²) in [5.74, 6) is -2.01. The lowest BCUT2D eigenvalue weighted by atomic mass is 9.74. The third kappa shape index (κ3) is 18.5. The molecular weight excluding hydrogens is 516 g/mol. The number of esters is 1. The van der Waals surface area contributed by atoms with Crippen LogP contribution in [0, 0.1) is 5.41 Å². The number of ether oxygens (including phenoxy) is 4. The molecule has 0 unspecified atom stereocenters. The molecule has 9 nitrogen and oxygen atoms in total. The molecule has 0 amide bonds. The van der Waals surface area contributed by atoms with E-state index in [1.807, 2.05) is 18.2 Å².